The fourth-order valence-electron chi connectivity index (χ4n) is 6.24. The van der Waals surface area contributed by atoms with E-state index in [0.717, 1.165) is 83.5 Å². The molecule has 9 heteroatoms. The molecule has 0 saturated carbocycles. The number of amides is 1. The van der Waals surface area contributed by atoms with Crippen molar-refractivity contribution in [3.63, 3.8) is 0 Å². The number of aliphatic hydroxyl groups excluding tert-OH is 5. The fourth-order valence-corrected chi connectivity index (χ4v) is 6.24. The van der Waals surface area contributed by atoms with Crippen LogP contribution in [0.25, 0.3) is 0 Å². The molecule has 0 aliphatic carbocycles. The van der Waals surface area contributed by atoms with E-state index in [1.54, 1.807) is 0 Å². The third-order valence-electron chi connectivity index (χ3n) is 9.64. The van der Waals surface area contributed by atoms with E-state index in [0.29, 0.717) is 12.8 Å². The van der Waals surface area contributed by atoms with Crippen LogP contribution in [0.4, 0.5) is 0 Å². The maximum absolute atomic E-state index is 12.9. The average molecular weight is 748 g/mol. The van der Waals surface area contributed by atoms with Gasteiger partial charge in [0.05, 0.1) is 25.4 Å². The first-order chi connectivity index (χ1) is 25.8. The van der Waals surface area contributed by atoms with Crippen molar-refractivity contribution in [3.8, 4) is 0 Å². The summed E-state index contributed by atoms with van der Waals surface area (Å²) in [6.07, 6.45) is 36.8. The van der Waals surface area contributed by atoms with Gasteiger partial charge >= 0.3 is 0 Å². The van der Waals surface area contributed by atoms with Crippen LogP contribution < -0.4 is 5.32 Å². The minimum absolute atomic E-state index is 0.147. The van der Waals surface area contributed by atoms with Gasteiger partial charge in [-0.3, -0.25) is 4.79 Å². The van der Waals surface area contributed by atoms with Crippen molar-refractivity contribution in [3.05, 3.63) is 60.8 Å². The molecule has 0 aromatic heterocycles. The van der Waals surface area contributed by atoms with Crippen molar-refractivity contribution in [1.82, 2.24) is 5.32 Å². The maximum Gasteiger partial charge on any atom is 0.220 e. The van der Waals surface area contributed by atoms with E-state index in [1.165, 1.54) is 44.9 Å². The molecule has 9 nitrogen and oxygen atoms in total. The second-order valence-electron chi connectivity index (χ2n) is 14.4. The van der Waals surface area contributed by atoms with Crippen molar-refractivity contribution in [2.45, 2.75) is 198 Å². The lowest BCUT2D eigenvalue weighted by molar-refractivity contribution is -0.302. The van der Waals surface area contributed by atoms with Gasteiger partial charge in [-0.05, 0) is 57.8 Å². The first-order valence-corrected chi connectivity index (χ1v) is 21.0. The second kappa shape index (κ2) is 34.4. The number of allylic oxidation sites excluding steroid dienone is 10. The summed E-state index contributed by atoms with van der Waals surface area (Å²) in [7, 11) is 0. The number of carbonyl (C=O) groups excluding carboxylic acids is 1. The Bertz CT molecular complexity index is 1010. The fraction of sp³-hybridized carbons (Fsp3) is 0.750. The van der Waals surface area contributed by atoms with E-state index in [9.17, 15) is 30.3 Å². The van der Waals surface area contributed by atoms with Crippen molar-refractivity contribution in [2.24, 2.45) is 0 Å². The van der Waals surface area contributed by atoms with Crippen molar-refractivity contribution in [2.75, 3.05) is 13.2 Å². The Kier molecular flexibility index (Phi) is 31.7. The number of aliphatic hydroxyl groups is 5. The summed E-state index contributed by atoms with van der Waals surface area (Å²) in [6.45, 7) is 3.63. The van der Waals surface area contributed by atoms with Gasteiger partial charge < -0.3 is 40.3 Å². The molecule has 306 valence electrons. The summed E-state index contributed by atoms with van der Waals surface area (Å²) in [5.74, 6) is -0.164. The standard InChI is InChI=1S/C44H77NO8/c1-3-5-7-9-11-12-13-14-15-16-17-18-19-20-21-22-23-24-25-26-28-30-32-34-40(48)45-37(38(47)33-31-29-27-10-8-6-4-2)36-52-44-43(51)42(50)41(49)39(35-46)53-44/h5,7,11-12,14-15,17-18,20-21,37-39,41-44,46-47,49-51H,3-4,6,8-10,13,16,19,22-36H2,1-2H3,(H,45,48)/b7-5-,12-11-,15-14-,18-17-,21-20-. The zero-order chi connectivity index (χ0) is 38.8. The lowest BCUT2D eigenvalue weighted by Crippen LogP contribution is -2.60. The SMILES string of the molecule is CC/C=C\C/C=C\C/C=C\C/C=C\C/C=C\CCCCCCCCCC(=O)NC(COC1OC(CO)C(O)C(O)C1O)C(O)CCCCCCCCC. The van der Waals surface area contributed by atoms with Gasteiger partial charge in [0.25, 0.3) is 0 Å². The summed E-state index contributed by atoms with van der Waals surface area (Å²) in [5, 5.41) is 53.9. The largest absolute Gasteiger partial charge is 0.394 e. The third-order valence-corrected chi connectivity index (χ3v) is 9.64. The highest BCUT2D eigenvalue weighted by Gasteiger charge is 2.44. The van der Waals surface area contributed by atoms with Crippen molar-refractivity contribution in [1.29, 1.82) is 0 Å². The second-order valence-corrected chi connectivity index (χ2v) is 14.4. The predicted octanol–water partition coefficient (Wildman–Crippen LogP) is 8.05. The molecule has 0 radical (unpaired) electrons. The monoisotopic (exact) mass is 748 g/mol. The van der Waals surface area contributed by atoms with E-state index in [2.05, 4.69) is 79.9 Å². The van der Waals surface area contributed by atoms with Gasteiger partial charge in [-0.1, -0.05) is 152 Å². The number of unbranched alkanes of at least 4 members (excludes halogenated alkanes) is 13. The Hall–Kier alpha value is -2.11. The van der Waals surface area contributed by atoms with Crippen LogP contribution in [-0.2, 0) is 14.3 Å². The molecule has 7 atom stereocenters. The number of ether oxygens (including phenoxy) is 2. The molecule has 1 aliphatic rings. The van der Waals surface area contributed by atoms with Gasteiger partial charge in [-0.25, -0.2) is 0 Å². The Balaban J connectivity index is 2.27. The van der Waals surface area contributed by atoms with Crippen LogP contribution in [0.2, 0.25) is 0 Å². The van der Waals surface area contributed by atoms with E-state index < -0.39 is 49.5 Å². The van der Waals surface area contributed by atoms with Crippen LogP contribution in [-0.4, -0.2) is 87.5 Å². The van der Waals surface area contributed by atoms with Crippen LogP contribution in [0.3, 0.4) is 0 Å². The molecule has 0 spiro atoms. The van der Waals surface area contributed by atoms with Crippen LogP contribution in [0.5, 0.6) is 0 Å². The number of rotatable bonds is 33. The molecule has 0 aromatic rings. The van der Waals surface area contributed by atoms with Gasteiger partial charge in [-0.15, -0.1) is 0 Å². The predicted molar refractivity (Wildman–Crippen MR) is 216 cm³/mol. The van der Waals surface area contributed by atoms with Crippen LogP contribution in [0.1, 0.15) is 155 Å². The lowest BCUT2D eigenvalue weighted by Gasteiger charge is -2.40. The molecular formula is C44H77NO8. The molecule has 53 heavy (non-hydrogen) atoms. The first-order valence-electron chi connectivity index (χ1n) is 21.0. The smallest absolute Gasteiger partial charge is 0.220 e. The third kappa shape index (κ3) is 25.6. The maximum atomic E-state index is 12.9. The Morgan fingerprint density at radius 1 is 0.660 bits per heavy atom. The molecular weight excluding hydrogens is 670 g/mol. The first kappa shape index (κ1) is 48.9. The van der Waals surface area contributed by atoms with Gasteiger partial charge in [-0.2, -0.15) is 0 Å². The van der Waals surface area contributed by atoms with Crippen molar-refractivity contribution < 1.29 is 39.8 Å². The molecule has 1 rings (SSSR count). The summed E-state index contributed by atoms with van der Waals surface area (Å²) in [6, 6.07) is -0.724. The summed E-state index contributed by atoms with van der Waals surface area (Å²) >= 11 is 0. The van der Waals surface area contributed by atoms with E-state index in [1.807, 2.05) is 0 Å². The molecule has 7 unspecified atom stereocenters. The van der Waals surface area contributed by atoms with Crippen LogP contribution in [0.15, 0.2) is 60.8 Å². The topological polar surface area (TPSA) is 149 Å². The molecule has 1 heterocycles. The number of hydrogen-bond acceptors (Lipinski definition) is 8. The molecule has 1 aliphatic heterocycles. The number of nitrogens with one attached hydrogen (secondary N) is 1. The Morgan fingerprint density at radius 3 is 1.74 bits per heavy atom. The van der Waals surface area contributed by atoms with Crippen LogP contribution in [0, 0.1) is 0 Å². The molecule has 0 bridgehead atoms. The van der Waals surface area contributed by atoms with Gasteiger partial charge in [0.1, 0.15) is 24.4 Å². The zero-order valence-electron chi connectivity index (χ0n) is 33.2. The van der Waals surface area contributed by atoms with Crippen LogP contribution >= 0.6 is 0 Å². The number of carbonyl (C=O) groups is 1. The molecule has 1 amide bonds. The minimum atomic E-state index is -1.56. The van der Waals surface area contributed by atoms with E-state index >= 15 is 0 Å². The Labute approximate surface area is 322 Å². The summed E-state index contributed by atoms with van der Waals surface area (Å²) in [5.41, 5.74) is 0. The lowest BCUT2D eigenvalue weighted by atomic mass is 9.99. The van der Waals surface area contributed by atoms with Gasteiger partial charge in [0.15, 0.2) is 6.29 Å². The summed E-state index contributed by atoms with van der Waals surface area (Å²) < 4.78 is 11.2. The summed E-state index contributed by atoms with van der Waals surface area (Å²) in [4.78, 5) is 12.9. The molecule has 6 N–H and O–H groups in total. The highest BCUT2D eigenvalue weighted by atomic mass is 16.7. The minimum Gasteiger partial charge on any atom is -0.394 e. The highest BCUT2D eigenvalue weighted by molar-refractivity contribution is 5.76. The Morgan fingerprint density at radius 2 is 1.17 bits per heavy atom. The highest BCUT2D eigenvalue weighted by Crippen LogP contribution is 2.23. The van der Waals surface area contributed by atoms with E-state index in [-0.39, 0.29) is 12.5 Å². The number of hydrogen-bond donors (Lipinski definition) is 6. The molecule has 1 saturated heterocycles. The quantitative estimate of drug-likeness (QED) is 0.0292. The van der Waals surface area contributed by atoms with Crippen molar-refractivity contribution >= 4 is 5.91 Å². The zero-order valence-corrected chi connectivity index (χ0v) is 33.2. The average Bonchev–Trinajstić information content (AvgIpc) is 3.16. The molecule has 0 aromatic carbocycles. The molecule has 1 fully saturated rings. The normalized spacial score (nSPS) is 22.3. The van der Waals surface area contributed by atoms with Gasteiger partial charge in [0.2, 0.25) is 5.91 Å². The van der Waals surface area contributed by atoms with Gasteiger partial charge in [0, 0.05) is 6.42 Å². The van der Waals surface area contributed by atoms with E-state index in [4.69, 9.17) is 9.47 Å².